The molecule has 17 atom stereocenters. The standard InChI is InChI=1S/C72H85N19O18S5/c1-14-26(3)47-63(105)78-30(7)57(99)75-28(5)56(98)76-31(8)58(100)91-72-19-18-40(66-85-43(22-111-66)59(101)77-29(6)55(97)74-27(4)54(73)96)81-52(72)42-21-112-67(83-42)49(34(11)109-69(107)41-20-37(32(9)92)36-16-17-39(79-47)51(95)50(36)80-41)89-60(102)44-24-113-68(86-44)53(71(13,108)35(12)94)90-62(104)45-23-110-65(84-45)38(15-2)82-64(106)48(33(10)93)88-61(103)46-25-114-70(72)87-46/h15-17,20-22,24-26,30-35,39,45,47-49,51-53,79,92-95,108H,4-6,14,18-19,23H2,1-3,7-13H3,(H2,73,96)(H,74,97)(H,75,99)(H,76,98)(H,77,101)(H,78,105)(H,82,106)(H,88,103)(H,89,102)(H,90,104)(H,91,100)/b38-15-/t26-,30-,31-,32-,33+,34+,35+,39+,45+,47-,48-,49-,51-,52+,53+,71+,72+/m0/s1. The van der Waals surface area contributed by atoms with E-state index < -0.39 is 196 Å². The maximum Gasteiger partial charge on any atom is 0.357 e. The predicted octanol–water partition coefficient (Wildman–Crippen LogP) is 9.43. The molecule has 0 aromatic carbocycles. The van der Waals surface area contributed by atoms with Crippen LogP contribution in [0.2, 0.25) is 0 Å². The summed E-state index contributed by atoms with van der Waals surface area (Å²) in [5.74, 6) is -10.6. The molecule has 0 saturated carbocycles. The SMILES string of the molecule is C=C(N=C(O)C(=C)N=C(O)c1csc(C2=N[C@@H]3c4csc(n4)[C@H]4N=C(O)c5csc(n5)[C@H]([C@](C)(O)[C@@H](C)O)N=C(O)[C@H]5CSC(=N5)/C(=C/C)N=C(O)[C@H]([C@@H](C)O)N=C(O)c5csc(n5)[C@]3(CC2)N=C(O)[C@H](C)N=C(O)C(=C)N=C(O)[C@H](C)N=C(O)[C@H]([C@@H](C)CC)N[C@@H]2C=Cc3c([C@H](C)O)cc(nc3[C@H]2O)C(=O)O[C@@H]4C)n1)C(=N)O. The Labute approximate surface area is 671 Å². The van der Waals surface area contributed by atoms with Crippen LogP contribution in [0.5, 0.6) is 0 Å². The van der Waals surface area contributed by atoms with Gasteiger partial charge in [0.15, 0.2) is 11.9 Å². The Morgan fingerprint density at radius 3 is 2.13 bits per heavy atom. The fourth-order valence-electron chi connectivity index (χ4n) is 11.9. The van der Waals surface area contributed by atoms with Crippen molar-refractivity contribution in [3.05, 3.63) is 148 Å². The lowest BCUT2D eigenvalue weighted by atomic mass is 9.81. The number of allylic oxidation sites excluding steroid dienone is 1. The number of fused-ring (bicyclic) bond motifs is 7. The minimum Gasteiger partial charge on any atom is -0.495 e. The molecule has 4 aliphatic heterocycles. The van der Waals surface area contributed by atoms with Crippen LogP contribution in [0.3, 0.4) is 0 Å². The number of hydrogen-bond donors (Lipinski definition) is 18. The number of carbonyl (C=O) groups is 1. The molecule has 0 fully saturated rings. The van der Waals surface area contributed by atoms with E-state index >= 15 is 4.79 Å². The van der Waals surface area contributed by atoms with Gasteiger partial charge in [-0.3, -0.25) is 20.7 Å². The second kappa shape index (κ2) is 35.5. The third-order valence-electron chi connectivity index (χ3n) is 18.9. The summed E-state index contributed by atoms with van der Waals surface area (Å²) in [7, 11) is 0. The van der Waals surface area contributed by atoms with Crippen LogP contribution >= 0.6 is 57.1 Å². The summed E-state index contributed by atoms with van der Waals surface area (Å²) in [5, 5.41) is 201. The molecule has 10 rings (SSSR count). The topological polar surface area (TPSA) is 599 Å². The molecule has 5 aromatic heterocycles. The molecule has 606 valence electrons. The maximum absolute atomic E-state index is 15.1. The van der Waals surface area contributed by atoms with Crippen molar-refractivity contribution in [2.75, 3.05) is 5.75 Å². The predicted molar refractivity (Wildman–Crippen MR) is 438 cm³/mol. The number of pyridine rings is 1. The Hall–Kier alpha value is -10.5. The zero-order chi connectivity index (χ0) is 83.4. The average Bonchev–Trinajstić information content (AvgIpc) is 1.50. The lowest BCUT2D eigenvalue weighted by Gasteiger charge is -2.37. The number of aliphatic hydroxyl groups excluding tert-OH is 15. The molecule has 9 heterocycles. The Morgan fingerprint density at radius 1 is 0.772 bits per heavy atom. The number of aliphatic hydroxyl groups is 16. The number of carbonyl (C=O) groups excluding carboxylic acids is 1. The van der Waals surface area contributed by atoms with Crippen molar-refractivity contribution in [1.82, 2.24) is 30.2 Å². The minimum atomic E-state index is -2.20. The van der Waals surface area contributed by atoms with E-state index in [2.05, 4.69) is 84.9 Å². The lowest BCUT2D eigenvalue weighted by molar-refractivity contribution is -0.0698. The first-order chi connectivity index (χ1) is 53.7. The number of thioether (sulfide) groups is 1. The lowest BCUT2D eigenvalue weighted by Crippen LogP contribution is -2.49. The second-order valence-electron chi connectivity index (χ2n) is 27.2. The quantitative estimate of drug-likeness (QED) is 0.0314. The summed E-state index contributed by atoms with van der Waals surface area (Å²) in [6, 6.07) is -11.4. The van der Waals surface area contributed by atoms with Gasteiger partial charge >= 0.3 is 5.97 Å². The van der Waals surface area contributed by atoms with Gasteiger partial charge in [-0.25, -0.2) is 79.6 Å². The van der Waals surface area contributed by atoms with E-state index in [-0.39, 0.29) is 94.7 Å². The average molecular weight is 1660 g/mol. The fourth-order valence-corrected chi connectivity index (χ4v) is 16.7. The number of hydrogen-bond acceptors (Lipinski definition) is 31. The molecule has 13 bridgehead atoms. The van der Waals surface area contributed by atoms with Crippen molar-refractivity contribution in [3.63, 3.8) is 0 Å². The van der Waals surface area contributed by atoms with Crippen molar-refractivity contribution >= 4 is 145 Å². The van der Waals surface area contributed by atoms with Crippen molar-refractivity contribution in [2.24, 2.45) is 65.8 Å². The molecular weight excluding hydrogens is 1580 g/mol. The number of ether oxygens (including phenoxy) is 1. The van der Waals surface area contributed by atoms with E-state index in [0.717, 1.165) is 57.1 Å². The highest BCUT2D eigenvalue weighted by Gasteiger charge is 2.50. The smallest absolute Gasteiger partial charge is 0.357 e. The summed E-state index contributed by atoms with van der Waals surface area (Å²) in [6.45, 7) is 25.2. The van der Waals surface area contributed by atoms with Gasteiger partial charge in [-0.15, -0.1) is 57.1 Å². The molecule has 18 N–H and O–H groups in total. The van der Waals surface area contributed by atoms with Gasteiger partial charge in [0.25, 0.3) is 0 Å². The monoisotopic (exact) mass is 1660 g/mol. The van der Waals surface area contributed by atoms with Gasteiger partial charge in [-0.05, 0) is 85.8 Å². The Kier molecular flexibility index (Phi) is 26.7. The summed E-state index contributed by atoms with van der Waals surface area (Å²) in [6.07, 6.45) is -2.92. The minimum absolute atomic E-state index is 0.0242. The molecule has 114 heavy (non-hydrogen) atoms. The zero-order valence-electron chi connectivity index (χ0n) is 62.8. The summed E-state index contributed by atoms with van der Waals surface area (Å²) < 4.78 is 6.28. The normalized spacial score (nSPS) is 27.3. The van der Waals surface area contributed by atoms with E-state index in [4.69, 9.17) is 35.1 Å². The molecule has 1 aliphatic carbocycles. The molecule has 42 heteroatoms. The Morgan fingerprint density at radius 2 is 1.46 bits per heavy atom. The highest BCUT2D eigenvalue weighted by atomic mass is 32.2. The molecule has 0 saturated heterocycles. The van der Waals surface area contributed by atoms with Crippen LogP contribution in [-0.2, 0) is 10.3 Å². The van der Waals surface area contributed by atoms with Crippen LogP contribution in [0, 0.1) is 11.3 Å². The number of thiazole rings is 4. The number of aliphatic imine (C=N–C) groups is 12. The van der Waals surface area contributed by atoms with Crippen LogP contribution in [0.15, 0.2) is 142 Å². The Balaban J connectivity index is 1.25. The van der Waals surface area contributed by atoms with Crippen molar-refractivity contribution < 1.29 is 91.2 Å². The summed E-state index contributed by atoms with van der Waals surface area (Å²) >= 11 is 4.59. The number of rotatable bonds is 12. The Bertz CT molecular complexity index is 5060. The van der Waals surface area contributed by atoms with Crippen LogP contribution in [-0.4, -0.2) is 254 Å². The van der Waals surface area contributed by atoms with E-state index in [1.807, 2.05) is 6.92 Å². The molecule has 37 nitrogen and oxygen atoms in total. The molecular formula is C72H85N19O18S5. The highest BCUT2D eigenvalue weighted by molar-refractivity contribution is 8.14. The van der Waals surface area contributed by atoms with Gasteiger partial charge in [0.05, 0.1) is 53.2 Å². The van der Waals surface area contributed by atoms with Gasteiger partial charge in [-0.2, -0.15) is 0 Å². The van der Waals surface area contributed by atoms with E-state index in [1.54, 1.807) is 26.0 Å². The van der Waals surface area contributed by atoms with Gasteiger partial charge in [-0.1, -0.05) is 58.2 Å². The number of aromatic nitrogens is 5. The second-order valence-corrected chi connectivity index (χ2v) is 31.7. The first kappa shape index (κ1) is 85.9. The fraction of sp³-hybridized carbons (Fsp3) is 0.431. The number of esters is 1. The number of nitrogens with zero attached hydrogens (tertiary/aromatic N) is 17. The number of cyclic esters (lactones) is 1. The van der Waals surface area contributed by atoms with Crippen LogP contribution < -0.4 is 5.32 Å². The summed E-state index contributed by atoms with van der Waals surface area (Å²) in [4.78, 5) is 91.8. The van der Waals surface area contributed by atoms with Gasteiger partial charge in [0.2, 0.25) is 59.0 Å². The molecule has 0 spiro atoms. The van der Waals surface area contributed by atoms with E-state index in [9.17, 15) is 81.7 Å². The number of nitrogens with one attached hydrogen (secondary N) is 2. The zero-order valence-corrected chi connectivity index (χ0v) is 66.9. The van der Waals surface area contributed by atoms with Gasteiger partial charge < -0.3 is 86.4 Å². The van der Waals surface area contributed by atoms with Crippen molar-refractivity contribution in [3.8, 4) is 0 Å². The van der Waals surface area contributed by atoms with Crippen LogP contribution in [0.1, 0.15) is 189 Å². The molecule has 0 unspecified atom stereocenters. The van der Waals surface area contributed by atoms with E-state index in [0.29, 0.717) is 6.42 Å². The first-order valence-electron chi connectivity index (χ1n) is 35.3. The molecule has 5 aliphatic rings. The highest BCUT2D eigenvalue weighted by Crippen LogP contribution is 2.51. The van der Waals surface area contributed by atoms with Crippen molar-refractivity contribution in [1.29, 1.82) is 5.41 Å². The van der Waals surface area contributed by atoms with Gasteiger partial charge in [0.1, 0.15) is 125 Å². The molecule has 0 radical (unpaired) electrons. The molecule has 5 aromatic rings. The first-order valence-corrected chi connectivity index (χ1v) is 39.8. The van der Waals surface area contributed by atoms with Gasteiger partial charge in [0, 0.05) is 32.8 Å². The maximum atomic E-state index is 15.1. The van der Waals surface area contributed by atoms with Crippen LogP contribution in [0.4, 0.5) is 0 Å². The summed E-state index contributed by atoms with van der Waals surface area (Å²) in [5.41, 5.74) is -6.70. The van der Waals surface area contributed by atoms with Crippen LogP contribution in [0.25, 0.3) is 6.08 Å². The third-order valence-corrected chi connectivity index (χ3v) is 23.7. The van der Waals surface area contributed by atoms with Crippen molar-refractivity contribution in [2.45, 2.75) is 185 Å². The van der Waals surface area contributed by atoms with E-state index in [1.165, 1.54) is 82.1 Å². The molecule has 0 amide bonds. The largest absolute Gasteiger partial charge is 0.495 e. The third kappa shape index (κ3) is 18.6.